The Labute approximate surface area is 124 Å². The maximum absolute atomic E-state index is 11.5. The Balaban J connectivity index is 2.96. The molecule has 0 amide bonds. The van der Waals surface area contributed by atoms with Gasteiger partial charge in [-0.05, 0) is 37.0 Å². The molecular weight excluding hydrogens is 266 g/mol. The van der Waals surface area contributed by atoms with E-state index < -0.39 is 5.97 Å². The highest BCUT2D eigenvalue weighted by Crippen LogP contribution is 2.33. The summed E-state index contributed by atoms with van der Waals surface area (Å²) in [4.78, 5) is 22.8. The first kappa shape index (κ1) is 15.3. The third kappa shape index (κ3) is 2.46. The van der Waals surface area contributed by atoms with E-state index in [1.165, 1.54) is 0 Å². The van der Waals surface area contributed by atoms with Gasteiger partial charge in [-0.15, -0.1) is 0 Å². The number of aryl methyl sites for hydroxylation is 1. The zero-order chi connectivity index (χ0) is 15.7. The summed E-state index contributed by atoms with van der Waals surface area (Å²) in [5, 5.41) is 10.0. The second-order valence-electron chi connectivity index (χ2n) is 5.69. The highest BCUT2D eigenvalue weighted by Gasteiger charge is 2.20. The third-order valence-electron chi connectivity index (χ3n) is 3.93. The van der Waals surface area contributed by atoms with Crippen LogP contribution in [0.2, 0.25) is 0 Å². The first-order valence-electron chi connectivity index (χ1n) is 7.27. The molecule has 0 radical (unpaired) electrons. The molecule has 0 fully saturated rings. The van der Waals surface area contributed by atoms with Crippen LogP contribution in [0, 0.1) is 6.92 Å². The van der Waals surface area contributed by atoms with Gasteiger partial charge in [0.2, 0.25) is 0 Å². The molecule has 1 N–H and O–H groups in total. The number of benzene rings is 1. The lowest BCUT2D eigenvalue weighted by Crippen LogP contribution is -2.04. The van der Waals surface area contributed by atoms with Gasteiger partial charge in [0.05, 0.1) is 11.1 Å². The van der Waals surface area contributed by atoms with E-state index in [1.807, 2.05) is 20.8 Å². The van der Waals surface area contributed by atoms with Crippen LogP contribution in [0.15, 0.2) is 12.1 Å². The lowest BCUT2D eigenvalue weighted by Gasteiger charge is -2.14. The molecule has 0 bridgehead atoms. The minimum Gasteiger partial charge on any atom is -0.478 e. The largest absolute Gasteiger partial charge is 0.478 e. The van der Waals surface area contributed by atoms with E-state index in [0.29, 0.717) is 5.56 Å². The lowest BCUT2D eigenvalue weighted by molar-refractivity contribution is 0.0696. The lowest BCUT2D eigenvalue weighted by atomic mass is 9.96. The summed E-state index contributed by atoms with van der Waals surface area (Å²) in [6.45, 7) is 8.91. The fourth-order valence-electron chi connectivity index (χ4n) is 2.89. The number of hydrogen-bond acceptors (Lipinski definition) is 2. The molecule has 1 aromatic heterocycles. The summed E-state index contributed by atoms with van der Waals surface area (Å²) in [7, 11) is 0. The summed E-state index contributed by atoms with van der Waals surface area (Å²) in [5.74, 6) is -0.771. The van der Waals surface area contributed by atoms with Crippen LogP contribution in [0.4, 0.5) is 0 Å². The number of nitrogens with zero attached hydrogens (tertiary/aromatic N) is 1. The van der Waals surface area contributed by atoms with Crippen molar-refractivity contribution in [1.82, 2.24) is 4.57 Å². The molecule has 0 aliphatic rings. The number of aldehydes is 1. The fraction of sp³-hybridized carbons (Fsp3) is 0.412. The quantitative estimate of drug-likeness (QED) is 0.846. The monoisotopic (exact) mass is 287 g/mol. The van der Waals surface area contributed by atoms with Gasteiger partial charge >= 0.3 is 5.97 Å². The van der Waals surface area contributed by atoms with Crippen molar-refractivity contribution in [1.29, 1.82) is 0 Å². The SMILES string of the molecule is CCCn1c(C)c(C=O)c2cc(C(=O)O)cc(C(C)C)c21. The molecular formula is C17H21NO3. The van der Waals surface area contributed by atoms with Gasteiger partial charge < -0.3 is 9.67 Å². The van der Waals surface area contributed by atoms with E-state index in [2.05, 4.69) is 11.5 Å². The van der Waals surface area contributed by atoms with Gasteiger partial charge in [0, 0.05) is 23.2 Å². The minimum atomic E-state index is -0.962. The van der Waals surface area contributed by atoms with E-state index in [4.69, 9.17) is 0 Å². The Bertz CT molecular complexity index is 711. The molecule has 0 aliphatic heterocycles. The maximum atomic E-state index is 11.5. The number of carboxylic acid groups (broad SMARTS) is 1. The maximum Gasteiger partial charge on any atom is 0.335 e. The second kappa shape index (κ2) is 5.72. The Morgan fingerprint density at radius 1 is 1.38 bits per heavy atom. The Hall–Kier alpha value is -2.10. The van der Waals surface area contributed by atoms with Crippen molar-refractivity contribution >= 4 is 23.2 Å². The van der Waals surface area contributed by atoms with Gasteiger partial charge in [-0.3, -0.25) is 4.79 Å². The molecule has 0 spiro atoms. The van der Waals surface area contributed by atoms with Crippen LogP contribution in [0.1, 0.15) is 65.1 Å². The molecule has 0 saturated carbocycles. The van der Waals surface area contributed by atoms with Crippen LogP contribution < -0.4 is 0 Å². The molecule has 0 atom stereocenters. The summed E-state index contributed by atoms with van der Waals surface area (Å²) in [6.07, 6.45) is 1.79. The van der Waals surface area contributed by atoms with Crippen molar-refractivity contribution in [3.63, 3.8) is 0 Å². The van der Waals surface area contributed by atoms with Crippen LogP contribution in [0.5, 0.6) is 0 Å². The summed E-state index contributed by atoms with van der Waals surface area (Å²) in [5.41, 5.74) is 3.73. The van der Waals surface area contributed by atoms with Crippen molar-refractivity contribution in [3.05, 3.63) is 34.5 Å². The first-order valence-corrected chi connectivity index (χ1v) is 7.27. The number of carboxylic acids is 1. The number of aromatic carboxylic acids is 1. The molecule has 112 valence electrons. The summed E-state index contributed by atoms with van der Waals surface area (Å²) in [6, 6.07) is 3.35. The molecule has 4 nitrogen and oxygen atoms in total. The molecule has 0 unspecified atom stereocenters. The predicted molar refractivity (Wildman–Crippen MR) is 83.4 cm³/mol. The number of hydrogen-bond donors (Lipinski definition) is 1. The van der Waals surface area contributed by atoms with Gasteiger partial charge in [-0.2, -0.15) is 0 Å². The van der Waals surface area contributed by atoms with Crippen molar-refractivity contribution in [3.8, 4) is 0 Å². The average molecular weight is 287 g/mol. The topological polar surface area (TPSA) is 59.3 Å². The van der Waals surface area contributed by atoms with E-state index >= 15 is 0 Å². The van der Waals surface area contributed by atoms with E-state index in [9.17, 15) is 14.7 Å². The van der Waals surface area contributed by atoms with Crippen LogP contribution in [-0.4, -0.2) is 21.9 Å². The van der Waals surface area contributed by atoms with Crippen LogP contribution >= 0.6 is 0 Å². The predicted octanol–water partition coefficient (Wildman–Crippen LogP) is 3.99. The molecule has 0 aliphatic carbocycles. The number of carbonyl (C=O) groups is 2. The van der Waals surface area contributed by atoms with E-state index in [1.54, 1.807) is 12.1 Å². The van der Waals surface area contributed by atoms with Crippen LogP contribution in [0.25, 0.3) is 10.9 Å². The van der Waals surface area contributed by atoms with Crippen molar-refractivity contribution in [2.45, 2.75) is 46.6 Å². The molecule has 21 heavy (non-hydrogen) atoms. The number of fused-ring (bicyclic) bond motifs is 1. The van der Waals surface area contributed by atoms with E-state index in [0.717, 1.165) is 41.4 Å². The van der Waals surface area contributed by atoms with Gasteiger partial charge in [0.15, 0.2) is 6.29 Å². The number of carbonyl (C=O) groups excluding carboxylic acids is 1. The second-order valence-corrected chi connectivity index (χ2v) is 5.69. The van der Waals surface area contributed by atoms with Crippen molar-refractivity contribution in [2.24, 2.45) is 0 Å². The van der Waals surface area contributed by atoms with Gasteiger partial charge in [0.1, 0.15) is 0 Å². The molecule has 2 aromatic rings. The zero-order valence-electron chi connectivity index (χ0n) is 12.9. The average Bonchev–Trinajstić information content (AvgIpc) is 2.70. The van der Waals surface area contributed by atoms with Gasteiger partial charge in [0.25, 0.3) is 0 Å². The van der Waals surface area contributed by atoms with Gasteiger partial charge in [-0.25, -0.2) is 4.79 Å². The normalized spacial score (nSPS) is 11.3. The first-order chi connectivity index (χ1) is 9.92. The highest BCUT2D eigenvalue weighted by molar-refractivity contribution is 6.04. The Morgan fingerprint density at radius 2 is 2.05 bits per heavy atom. The number of rotatable bonds is 5. The highest BCUT2D eigenvalue weighted by atomic mass is 16.4. The molecule has 0 saturated heterocycles. The van der Waals surface area contributed by atoms with Gasteiger partial charge in [-0.1, -0.05) is 20.8 Å². The molecule has 1 heterocycles. The Kier molecular flexibility index (Phi) is 4.16. The number of aromatic nitrogens is 1. The van der Waals surface area contributed by atoms with E-state index in [-0.39, 0.29) is 11.5 Å². The Morgan fingerprint density at radius 3 is 2.52 bits per heavy atom. The van der Waals surface area contributed by atoms with Crippen molar-refractivity contribution < 1.29 is 14.7 Å². The third-order valence-corrected chi connectivity index (χ3v) is 3.93. The molecule has 4 heteroatoms. The fourth-order valence-corrected chi connectivity index (χ4v) is 2.89. The molecule has 2 rings (SSSR count). The summed E-state index contributed by atoms with van der Waals surface area (Å²) >= 11 is 0. The standard InChI is InChI=1S/C17H21NO3/c1-5-6-18-11(4)15(9-19)14-8-12(17(20)21)7-13(10(2)3)16(14)18/h7-10H,5-6H2,1-4H3,(H,20,21). The minimum absolute atomic E-state index is 0.191. The smallest absolute Gasteiger partial charge is 0.335 e. The van der Waals surface area contributed by atoms with Crippen molar-refractivity contribution in [2.75, 3.05) is 0 Å². The zero-order valence-corrected chi connectivity index (χ0v) is 12.9. The molecule has 1 aromatic carbocycles. The van der Waals surface area contributed by atoms with Crippen LogP contribution in [0.3, 0.4) is 0 Å². The summed E-state index contributed by atoms with van der Waals surface area (Å²) < 4.78 is 2.14. The van der Waals surface area contributed by atoms with Crippen LogP contribution in [-0.2, 0) is 6.54 Å².